The molecule has 3 heterocycles. The molecule has 1 aliphatic heterocycles. The predicted molar refractivity (Wildman–Crippen MR) is 101 cm³/mol. The second-order valence-corrected chi connectivity index (χ2v) is 6.71. The van der Waals surface area contributed by atoms with Crippen molar-refractivity contribution >= 4 is 11.7 Å². The predicted octanol–water partition coefficient (Wildman–Crippen LogP) is 3.62. The molecule has 0 spiro atoms. The zero-order valence-corrected chi connectivity index (χ0v) is 14.9. The molecule has 1 saturated heterocycles. The van der Waals surface area contributed by atoms with Crippen molar-refractivity contribution in [3.63, 3.8) is 0 Å². The van der Waals surface area contributed by atoms with E-state index in [1.807, 2.05) is 47.4 Å². The van der Waals surface area contributed by atoms with Gasteiger partial charge >= 0.3 is 6.03 Å². The Bertz CT molecular complexity index is 882. The lowest BCUT2D eigenvalue weighted by Crippen LogP contribution is -2.42. The number of anilines is 1. The first-order valence-corrected chi connectivity index (χ1v) is 9.12. The number of nitrogens with one attached hydrogen (secondary N) is 1. The van der Waals surface area contributed by atoms with Crippen LogP contribution in [-0.2, 0) is 6.42 Å². The van der Waals surface area contributed by atoms with Gasteiger partial charge in [-0.3, -0.25) is 4.98 Å². The van der Waals surface area contributed by atoms with Crippen LogP contribution in [0.4, 0.5) is 10.5 Å². The van der Waals surface area contributed by atoms with E-state index < -0.39 is 0 Å². The Hall–Kier alpha value is -3.22. The van der Waals surface area contributed by atoms with Crippen LogP contribution in [0.3, 0.4) is 0 Å². The number of pyridine rings is 1. The van der Waals surface area contributed by atoms with Crippen molar-refractivity contribution in [3.8, 4) is 11.5 Å². The van der Waals surface area contributed by atoms with E-state index in [0.717, 1.165) is 30.6 Å². The van der Waals surface area contributed by atoms with Gasteiger partial charge in [0.25, 0.3) is 5.89 Å². The van der Waals surface area contributed by atoms with Gasteiger partial charge in [-0.15, -0.1) is 0 Å². The Labute approximate surface area is 157 Å². The molecule has 138 valence electrons. The van der Waals surface area contributed by atoms with Gasteiger partial charge in [-0.05, 0) is 43.0 Å². The molecular formula is C20H21N5O2. The molecule has 27 heavy (non-hydrogen) atoms. The van der Waals surface area contributed by atoms with Gasteiger partial charge in [-0.25, -0.2) is 4.79 Å². The Morgan fingerprint density at radius 1 is 1.22 bits per heavy atom. The van der Waals surface area contributed by atoms with Crippen LogP contribution < -0.4 is 5.32 Å². The molecule has 1 atom stereocenters. The normalized spacial score (nSPS) is 16.9. The molecule has 2 aromatic heterocycles. The minimum Gasteiger partial charge on any atom is -0.334 e. The van der Waals surface area contributed by atoms with Crippen LogP contribution in [0.2, 0.25) is 0 Å². The lowest BCUT2D eigenvalue weighted by atomic mass is 9.95. The van der Waals surface area contributed by atoms with E-state index in [0.29, 0.717) is 30.6 Å². The third kappa shape index (κ3) is 4.31. The van der Waals surface area contributed by atoms with Crippen molar-refractivity contribution in [2.24, 2.45) is 5.92 Å². The fourth-order valence-electron chi connectivity index (χ4n) is 3.34. The van der Waals surface area contributed by atoms with E-state index in [1.165, 1.54) is 0 Å². The maximum atomic E-state index is 12.5. The van der Waals surface area contributed by atoms with Crippen molar-refractivity contribution in [2.75, 3.05) is 18.4 Å². The number of hydrogen-bond acceptors (Lipinski definition) is 5. The summed E-state index contributed by atoms with van der Waals surface area (Å²) in [5.74, 6) is 1.47. The van der Waals surface area contributed by atoms with E-state index in [9.17, 15) is 4.79 Å². The van der Waals surface area contributed by atoms with E-state index in [1.54, 1.807) is 12.4 Å². The van der Waals surface area contributed by atoms with Gasteiger partial charge in [0.2, 0.25) is 0 Å². The number of nitrogens with zero attached hydrogens (tertiary/aromatic N) is 4. The molecule has 0 saturated carbocycles. The van der Waals surface area contributed by atoms with Gasteiger partial charge in [-0.1, -0.05) is 23.4 Å². The third-order valence-electron chi connectivity index (χ3n) is 4.68. The van der Waals surface area contributed by atoms with Gasteiger partial charge in [-0.2, -0.15) is 4.98 Å². The molecule has 2 amide bonds. The second kappa shape index (κ2) is 7.99. The van der Waals surface area contributed by atoms with E-state index in [2.05, 4.69) is 20.4 Å². The van der Waals surface area contributed by atoms with Crippen molar-refractivity contribution in [1.82, 2.24) is 20.0 Å². The smallest absolute Gasteiger partial charge is 0.321 e. The van der Waals surface area contributed by atoms with Gasteiger partial charge in [0.15, 0.2) is 5.82 Å². The summed E-state index contributed by atoms with van der Waals surface area (Å²) >= 11 is 0. The largest absolute Gasteiger partial charge is 0.334 e. The summed E-state index contributed by atoms with van der Waals surface area (Å²) in [4.78, 5) is 22.9. The van der Waals surface area contributed by atoms with Gasteiger partial charge < -0.3 is 14.7 Å². The highest BCUT2D eigenvalue weighted by molar-refractivity contribution is 5.89. The van der Waals surface area contributed by atoms with E-state index >= 15 is 0 Å². The fourth-order valence-corrected chi connectivity index (χ4v) is 3.34. The van der Waals surface area contributed by atoms with Crippen LogP contribution >= 0.6 is 0 Å². The number of rotatable bonds is 4. The number of urea groups is 1. The monoisotopic (exact) mass is 363 g/mol. The Kier molecular flexibility index (Phi) is 5.09. The quantitative estimate of drug-likeness (QED) is 0.765. The molecule has 1 fully saturated rings. The minimum atomic E-state index is -0.0601. The first-order valence-electron chi connectivity index (χ1n) is 9.12. The molecule has 1 unspecified atom stereocenters. The van der Waals surface area contributed by atoms with Crippen LogP contribution in [0.1, 0.15) is 18.7 Å². The summed E-state index contributed by atoms with van der Waals surface area (Å²) < 4.78 is 5.35. The topological polar surface area (TPSA) is 84.2 Å². The van der Waals surface area contributed by atoms with Gasteiger partial charge in [0.05, 0.1) is 5.56 Å². The lowest BCUT2D eigenvalue weighted by Gasteiger charge is -2.32. The zero-order chi connectivity index (χ0) is 18.5. The first-order chi connectivity index (χ1) is 13.3. The van der Waals surface area contributed by atoms with Crippen LogP contribution in [0, 0.1) is 5.92 Å². The maximum Gasteiger partial charge on any atom is 0.321 e. The molecule has 7 nitrogen and oxygen atoms in total. The number of hydrogen-bond donors (Lipinski definition) is 1. The highest BCUT2D eigenvalue weighted by Gasteiger charge is 2.25. The number of carbonyl (C=O) groups is 1. The minimum absolute atomic E-state index is 0.0601. The molecule has 0 radical (unpaired) electrons. The van der Waals surface area contributed by atoms with E-state index in [4.69, 9.17) is 4.52 Å². The zero-order valence-electron chi connectivity index (χ0n) is 14.9. The molecule has 3 aromatic rings. The maximum absolute atomic E-state index is 12.5. The number of benzene rings is 1. The summed E-state index contributed by atoms with van der Waals surface area (Å²) in [5, 5.41) is 7.04. The summed E-state index contributed by atoms with van der Waals surface area (Å²) in [5.41, 5.74) is 1.62. The van der Waals surface area contributed by atoms with Crippen molar-refractivity contribution < 1.29 is 9.32 Å². The number of carbonyl (C=O) groups excluding carboxylic acids is 1. The Balaban J connectivity index is 1.36. The van der Waals surface area contributed by atoms with Crippen LogP contribution in [-0.4, -0.2) is 39.1 Å². The summed E-state index contributed by atoms with van der Waals surface area (Å²) in [6, 6.07) is 13.2. The first kappa shape index (κ1) is 17.2. The van der Waals surface area contributed by atoms with Crippen molar-refractivity contribution in [3.05, 3.63) is 60.7 Å². The third-order valence-corrected chi connectivity index (χ3v) is 4.68. The Morgan fingerprint density at radius 2 is 2.11 bits per heavy atom. The molecule has 7 heteroatoms. The van der Waals surface area contributed by atoms with Gasteiger partial charge in [0, 0.05) is 37.6 Å². The Morgan fingerprint density at radius 3 is 2.93 bits per heavy atom. The average Bonchev–Trinajstić information content (AvgIpc) is 3.18. The molecule has 1 aromatic carbocycles. The number of likely N-dealkylation sites (tertiary alicyclic amines) is 1. The number of piperidine rings is 1. The molecule has 0 aliphatic carbocycles. The molecule has 1 aliphatic rings. The van der Waals surface area contributed by atoms with Gasteiger partial charge in [0.1, 0.15) is 0 Å². The number of amides is 2. The summed E-state index contributed by atoms with van der Waals surface area (Å²) in [7, 11) is 0. The lowest BCUT2D eigenvalue weighted by molar-refractivity contribution is 0.176. The van der Waals surface area contributed by atoms with Crippen molar-refractivity contribution in [1.29, 1.82) is 0 Å². The molecule has 1 N–H and O–H groups in total. The van der Waals surface area contributed by atoms with E-state index in [-0.39, 0.29) is 6.03 Å². The van der Waals surface area contributed by atoms with Crippen LogP contribution in [0.15, 0.2) is 59.4 Å². The number of aromatic nitrogens is 3. The fraction of sp³-hybridized carbons (Fsp3) is 0.300. The van der Waals surface area contributed by atoms with Crippen molar-refractivity contribution in [2.45, 2.75) is 19.3 Å². The van der Waals surface area contributed by atoms with Crippen LogP contribution in [0.5, 0.6) is 0 Å². The standard InChI is InChI=1S/C20H21N5O2/c26-20(22-17-8-2-1-3-9-17)25-11-5-6-15(14-25)12-18-23-19(27-24-18)16-7-4-10-21-13-16/h1-4,7-10,13,15H,5-6,11-12,14H2,(H,22,26). The number of para-hydroxylation sites is 1. The summed E-state index contributed by atoms with van der Waals surface area (Å²) in [6.07, 6.45) is 6.12. The molecular weight excluding hydrogens is 342 g/mol. The molecule has 4 rings (SSSR count). The summed E-state index contributed by atoms with van der Waals surface area (Å²) in [6.45, 7) is 1.46. The molecule has 0 bridgehead atoms. The van der Waals surface area contributed by atoms with Crippen LogP contribution in [0.25, 0.3) is 11.5 Å². The highest BCUT2D eigenvalue weighted by atomic mass is 16.5. The second-order valence-electron chi connectivity index (χ2n) is 6.71. The highest BCUT2D eigenvalue weighted by Crippen LogP contribution is 2.22. The SMILES string of the molecule is O=C(Nc1ccccc1)N1CCCC(Cc2noc(-c3cccnc3)n2)C1. The average molecular weight is 363 g/mol.